The topological polar surface area (TPSA) is 47.2 Å². The summed E-state index contributed by atoms with van der Waals surface area (Å²) in [6.07, 6.45) is 6.73. The number of aromatic nitrogens is 1. The van der Waals surface area contributed by atoms with E-state index >= 15 is 0 Å². The monoisotopic (exact) mass is 308 g/mol. The minimum atomic E-state index is -0.114. The molecule has 4 nitrogen and oxygen atoms in total. The van der Waals surface area contributed by atoms with Gasteiger partial charge in [-0.05, 0) is 36.2 Å². The van der Waals surface area contributed by atoms with Crippen molar-refractivity contribution in [2.75, 3.05) is 6.54 Å². The van der Waals surface area contributed by atoms with Gasteiger partial charge in [-0.15, -0.1) is 0 Å². The van der Waals surface area contributed by atoms with E-state index in [2.05, 4.69) is 17.4 Å². The number of nitrogens with zero attached hydrogens (tertiary/aromatic N) is 1. The zero-order chi connectivity index (χ0) is 15.9. The summed E-state index contributed by atoms with van der Waals surface area (Å²) in [5, 5.41) is 2.99. The summed E-state index contributed by atoms with van der Waals surface area (Å²) < 4.78 is 7.49. The van der Waals surface area contributed by atoms with Crippen LogP contribution in [0.2, 0.25) is 0 Å². The van der Waals surface area contributed by atoms with E-state index < -0.39 is 0 Å². The fourth-order valence-electron chi connectivity index (χ4n) is 2.63. The van der Waals surface area contributed by atoms with Crippen molar-refractivity contribution in [3.05, 3.63) is 84.6 Å². The summed E-state index contributed by atoms with van der Waals surface area (Å²) >= 11 is 0. The molecule has 3 aromatic rings. The minimum absolute atomic E-state index is 0.0241. The van der Waals surface area contributed by atoms with Crippen LogP contribution in [0, 0.1) is 0 Å². The Labute approximate surface area is 135 Å². The maximum absolute atomic E-state index is 12.3. The maximum atomic E-state index is 12.3. The molecule has 0 bridgehead atoms. The van der Waals surface area contributed by atoms with Gasteiger partial charge in [0.25, 0.3) is 0 Å². The Morgan fingerprint density at radius 1 is 1.04 bits per heavy atom. The molecule has 4 heteroatoms. The summed E-state index contributed by atoms with van der Waals surface area (Å²) in [6.45, 7) is 0.638. The third kappa shape index (κ3) is 4.13. The van der Waals surface area contributed by atoms with Crippen molar-refractivity contribution in [2.45, 2.75) is 18.9 Å². The first-order chi connectivity index (χ1) is 11.3. The molecule has 23 heavy (non-hydrogen) atoms. The third-order valence-corrected chi connectivity index (χ3v) is 3.82. The second-order valence-corrected chi connectivity index (χ2v) is 5.45. The van der Waals surface area contributed by atoms with Gasteiger partial charge in [0, 0.05) is 18.9 Å². The second-order valence-electron chi connectivity index (χ2n) is 5.45. The molecule has 0 aliphatic rings. The zero-order valence-corrected chi connectivity index (χ0v) is 12.9. The maximum Gasteiger partial charge on any atom is 0.222 e. The van der Waals surface area contributed by atoms with Crippen LogP contribution in [0.1, 0.15) is 23.8 Å². The molecule has 1 N–H and O–H groups in total. The average molecular weight is 308 g/mol. The van der Waals surface area contributed by atoms with E-state index in [9.17, 15) is 4.79 Å². The van der Waals surface area contributed by atoms with Gasteiger partial charge >= 0.3 is 0 Å². The van der Waals surface area contributed by atoms with Gasteiger partial charge < -0.3 is 14.3 Å². The van der Waals surface area contributed by atoms with Crippen LogP contribution in [0.15, 0.2) is 77.7 Å². The summed E-state index contributed by atoms with van der Waals surface area (Å²) in [4.78, 5) is 12.3. The lowest BCUT2D eigenvalue weighted by Crippen LogP contribution is -2.28. The predicted octanol–water partition coefficient (Wildman–Crippen LogP) is 3.42. The van der Waals surface area contributed by atoms with Crippen LogP contribution in [-0.2, 0) is 11.2 Å². The van der Waals surface area contributed by atoms with Gasteiger partial charge in [-0.25, -0.2) is 0 Å². The van der Waals surface area contributed by atoms with E-state index in [-0.39, 0.29) is 11.9 Å². The van der Waals surface area contributed by atoms with Crippen LogP contribution in [-0.4, -0.2) is 17.0 Å². The molecule has 0 unspecified atom stereocenters. The highest BCUT2D eigenvalue weighted by molar-refractivity contribution is 5.76. The lowest BCUT2D eigenvalue weighted by molar-refractivity contribution is -0.121. The van der Waals surface area contributed by atoms with Crippen molar-refractivity contribution in [1.82, 2.24) is 9.88 Å². The highest BCUT2D eigenvalue weighted by Gasteiger charge is 2.19. The number of benzene rings is 1. The van der Waals surface area contributed by atoms with Gasteiger partial charge in [0.1, 0.15) is 5.76 Å². The van der Waals surface area contributed by atoms with Crippen molar-refractivity contribution in [2.24, 2.45) is 0 Å². The Kier molecular flexibility index (Phi) is 4.94. The lowest BCUT2D eigenvalue weighted by Gasteiger charge is -2.16. The number of rotatable bonds is 7. The van der Waals surface area contributed by atoms with E-state index in [1.807, 2.05) is 59.4 Å². The van der Waals surface area contributed by atoms with Crippen LogP contribution in [0.4, 0.5) is 0 Å². The molecular formula is C19H20N2O2. The number of hydrogen-bond acceptors (Lipinski definition) is 2. The van der Waals surface area contributed by atoms with Gasteiger partial charge in [0.15, 0.2) is 0 Å². The van der Waals surface area contributed by atoms with E-state index in [4.69, 9.17) is 4.42 Å². The van der Waals surface area contributed by atoms with Crippen LogP contribution in [0.3, 0.4) is 0 Å². The Hall–Kier alpha value is -2.75. The first-order valence-electron chi connectivity index (χ1n) is 7.79. The standard InChI is InChI=1S/C19H20N2O2/c22-19(20-11-10-16-7-2-1-3-8-16)15-17(18-9-6-14-23-18)21-12-4-5-13-21/h1-9,12-14,17H,10-11,15H2,(H,20,22)/t17-/m1/s1. The molecule has 0 aliphatic carbocycles. The molecule has 1 aromatic carbocycles. The number of carbonyl (C=O) groups is 1. The molecule has 0 saturated heterocycles. The lowest BCUT2D eigenvalue weighted by atomic mass is 10.1. The van der Waals surface area contributed by atoms with Gasteiger partial charge in [-0.3, -0.25) is 4.79 Å². The van der Waals surface area contributed by atoms with Crippen LogP contribution in [0.25, 0.3) is 0 Å². The number of hydrogen-bond donors (Lipinski definition) is 1. The predicted molar refractivity (Wildman–Crippen MR) is 89.1 cm³/mol. The quantitative estimate of drug-likeness (QED) is 0.727. The largest absolute Gasteiger partial charge is 0.467 e. The van der Waals surface area contributed by atoms with Crippen LogP contribution in [0.5, 0.6) is 0 Å². The van der Waals surface area contributed by atoms with Gasteiger partial charge in [-0.1, -0.05) is 30.3 Å². The molecule has 2 heterocycles. The Bertz CT molecular complexity index is 669. The molecule has 2 aromatic heterocycles. The molecule has 0 radical (unpaired) electrons. The normalized spacial score (nSPS) is 12.0. The van der Waals surface area contributed by atoms with Gasteiger partial charge in [0.05, 0.1) is 18.7 Å². The SMILES string of the molecule is O=C(C[C@H](c1ccco1)n1cccc1)NCCc1ccccc1. The Balaban J connectivity index is 1.56. The minimum Gasteiger partial charge on any atom is -0.467 e. The van der Waals surface area contributed by atoms with Crippen molar-refractivity contribution in [3.63, 3.8) is 0 Å². The van der Waals surface area contributed by atoms with E-state index in [0.717, 1.165) is 12.2 Å². The molecule has 0 aliphatic heterocycles. The molecule has 0 saturated carbocycles. The summed E-state index contributed by atoms with van der Waals surface area (Å²) in [7, 11) is 0. The highest BCUT2D eigenvalue weighted by Crippen LogP contribution is 2.22. The number of carbonyl (C=O) groups excluding carboxylic acids is 1. The molecule has 0 spiro atoms. The number of amides is 1. The van der Waals surface area contributed by atoms with E-state index in [1.54, 1.807) is 6.26 Å². The fourth-order valence-corrected chi connectivity index (χ4v) is 2.63. The van der Waals surface area contributed by atoms with Crippen molar-refractivity contribution < 1.29 is 9.21 Å². The number of furan rings is 1. The van der Waals surface area contributed by atoms with Crippen molar-refractivity contribution in [3.8, 4) is 0 Å². The molecule has 1 atom stereocenters. The zero-order valence-electron chi connectivity index (χ0n) is 12.9. The highest BCUT2D eigenvalue weighted by atomic mass is 16.3. The molecule has 1 amide bonds. The van der Waals surface area contributed by atoms with E-state index in [1.165, 1.54) is 5.56 Å². The van der Waals surface area contributed by atoms with Crippen molar-refractivity contribution in [1.29, 1.82) is 0 Å². The summed E-state index contributed by atoms with van der Waals surface area (Å²) in [6, 6.07) is 17.7. The van der Waals surface area contributed by atoms with E-state index in [0.29, 0.717) is 13.0 Å². The smallest absolute Gasteiger partial charge is 0.222 e. The summed E-state index contributed by atoms with van der Waals surface area (Å²) in [5.41, 5.74) is 1.22. The first-order valence-corrected chi connectivity index (χ1v) is 7.79. The Morgan fingerprint density at radius 3 is 2.52 bits per heavy atom. The summed E-state index contributed by atoms with van der Waals surface area (Å²) in [5.74, 6) is 0.815. The molecule has 3 rings (SSSR count). The Morgan fingerprint density at radius 2 is 1.83 bits per heavy atom. The third-order valence-electron chi connectivity index (χ3n) is 3.82. The van der Waals surface area contributed by atoms with Crippen LogP contribution >= 0.6 is 0 Å². The average Bonchev–Trinajstić information content (AvgIpc) is 3.27. The van der Waals surface area contributed by atoms with Crippen molar-refractivity contribution >= 4 is 5.91 Å². The first kappa shape index (κ1) is 15.2. The van der Waals surface area contributed by atoms with Crippen LogP contribution < -0.4 is 5.32 Å². The van der Waals surface area contributed by atoms with Gasteiger partial charge in [0.2, 0.25) is 5.91 Å². The molecule has 118 valence electrons. The fraction of sp³-hybridized carbons (Fsp3) is 0.211. The van der Waals surface area contributed by atoms with Gasteiger partial charge in [-0.2, -0.15) is 0 Å². The molecule has 0 fully saturated rings. The number of nitrogens with one attached hydrogen (secondary N) is 1. The molecular weight excluding hydrogens is 288 g/mol. The second kappa shape index (κ2) is 7.49.